The summed E-state index contributed by atoms with van der Waals surface area (Å²) in [5.41, 5.74) is 4.63. The summed E-state index contributed by atoms with van der Waals surface area (Å²) in [4.78, 5) is 35.7. The van der Waals surface area contributed by atoms with Crippen LogP contribution in [-0.4, -0.2) is 41.8 Å². The van der Waals surface area contributed by atoms with Crippen molar-refractivity contribution in [1.29, 1.82) is 5.41 Å². The summed E-state index contributed by atoms with van der Waals surface area (Å²) in [6, 6.07) is -1.41. The third-order valence-electron chi connectivity index (χ3n) is 3.42. The minimum Gasteiger partial charge on any atom is -0.444 e. The van der Waals surface area contributed by atoms with E-state index in [1.54, 1.807) is 20.8 Å². The van der Waals surface area contributed by atoms with E-state index in [1.165, 1.54) is 0 Å². The van der Waals surface area contributed by atoms with Gasteiger partial charge in [-0.2, -0.15) is 0 Å². The molecule has 0 unspecified atom stereocenters. The highest BCUT2D eigenvalue weighted by molar-refractivity contribution is 5.87. The lowest BCUT2D eigenvalue weighted by atomic mass is 10.0. The van der Waals surface area contributed by atoms with Gasteiger partial charge in [0, 0.05) is 6.42 Å². The number of rotatable bonds is 11. The summed E-state index contributed by atoms with van der Waals surface area (Å²) in [5, 5.41) is 12.4. The molecule has 8 nitrogen and oxygen atoms in total. The molecule has 0 aromatic heterocycles. The molecular formula is C18H34N4O4. The summed E-state index contributed by atoms with van der Waals surface area (Å²) in [7, 11) is 0. The van der Waals surface area contributed by atoms with Crippen LogP contribution in [0.4, 0.5) is 4.79 Å². The molecule has 0 radical (unpaired) electrons. The van der Waals surface area contributed by atoms with Gasteiger partial charge in [0.1, 0.15) is 17.9 Å². The van der Waals surface area contributed by atoms with Gasteiger partial charge in [-0.1, -0.05) is 20.3 Å². The summed E-state index contributed by atoms with van der Waals surface area (Å²) in [6.45, 7) is 9.11. The Morgan fingerprint density at radius 2 is 1.81 bits per heavy atom. The number of nitrogens with two attached hydrogens (primary N) is 1. The van der Waals surface area contributed by atoms with E-state index in [4.69, 9.17) is 15.9 Å². The number of hydrogen-bond acceptors (Lipinski definition) is 5. The standard InChI is InChI=1S/C18H34N4O4/c1-12(2)10-14(22-17(25)26-18(3,4)5)16(24)21-13(11-23)8-6-7-9-15(19)20/h11-14H,6-10H2,1-5H3,(H3,19,20)(H,21,24)(H,22,25)/t13-,14-/m0/s1. The van der Waals surface area contributed by atoms with E-state index in [2.05, 4.69) is 10.6 Å². The van der Waals surface area contributed by atoms with E-state index in [0.29, 0.717) is 38.4 Å². The summed E-state index contributed by atoms with van der Waals surface area (Å²) < 4.78 is 5.20. The van der Waals surface area contributed by atoms with E-state index in [1.807, 2.05) is 13.8 Å². The molecule has 0 aliphatic rings. The van der Waals surface area contributed by atoms with E-state index in [0.717, 1.165) is 0 Å². The summed E-state index contributed by atoms with van der Waals surface area (Å²) in [5.74, 6) is -0.130. The van der Waals surface area contributed by atoms with Crippen molar-refractivity contribution in [2.75, 3.05) is 0 Å². The first-order chi connectivity index (χ1) is 11.9. The molecule has 0 bridgehead atoms. The summed E-state index contributed by atoms with van der Waals surface area (Å²) in [6.07, 6.45) is 2.73. The Kier molecular flexibility index (Phi) is 10.6. The van der Waals surface area contributed by atoms with Crippen LogP contribution in [0.5, 0.6) is 0 Å². The molecule has 0 rings (SSSR count). The molecule has 0 spiro atoms. The van der Waals surface area contributed by atoms with Gasteiger partial charge < -0.3 is 25.9 Å². The van der Waals surface area contributed by atoms with Crippen molar-refractivity contribution in [2.24, 2.45) is 11.7 Å². The van der Waals surface area contributed by atoms with Crippen molar-refractivity contribution >= 4 is 24.1 Å². The first-order valence-electron chi connectivity index (χ1n) is 9.02. The monoisotopic (exact) mass is 370 g/mol. The number of aldehydes is 1. The average molecular weight is 370 g/mol. The van der Waals surface area contributed by atoms with E-state index in [9.17, 15) is 14.4 Å². The van der Waals surface area contributed by atoms with Gasteiger partial charge in [-0.25, -0.2) is 4.79 Å². The maximum absolute atomic E-state index is 12.5. The number of carbonyl (C=O) groups excluding carboxylic acids is 3. The fraction of sp³-hybridized carbons (Fsp3) is 0.778. The first-order valence-corrected chi connectivity index (χ1v) is 9.02. The van der Waals surface area contributed by atoms with E-state index < -0.39 is 29.7 Å². The van der Waals surface area contributed by atoms with Gasteiger partial charge in [0.05, 0.1) is 11.9 Å². The number of ether oxygens (including phenoxy) is 1. The second kappa shape index (κ2) is 11.5. The molecule has 0 saturated carbocycles. The van der Waals surface area contributed by atoms with Crippen LogP contribution in [0.1, 0.15) is 66.7 Å². The van der Waals surface area contributed by atoms with Gasteiger partial charge in [0.25, 0.3) is 0 Å². The zero-order valence-electron chi connectivity index (χ0n) is 16.6. The Labute approximate surface area is 156 Å². The lowest BCUT2D eigenvalue weighted by Gasteiger charge is -2.25. The van der Waals surface area contributed by atoms with E-state index >= 15 is 0 Å². The smallest absolute Gasteiger partial charge is 0.408 e. The van der Waals surface area contributed by atoms with Crippen molar-refractivity contribution in [2.45, 2.75) is 84.4 Å². The second-order valence-corrected chi connectivity index (χ2v) is 7.85. The van der Waals surface area contributed by atoms with E-state index in [-0.39, 0.29) is 11.8 Å². The molecule has 2 atom stereocenters. The molecule has 0 aromatic carbocycles. The van der Waals surface area contributed by atoms with Gasteiger partial charge >= 0.3 is 6.09 Å². The van der Waals surface area contributed by atoms with Crippen LogP contribution < -0.4 is 16.4 Å². The maximum atomic E-state index is 12.5. The average Bonchev–Trinajstić information content (AvgIpc) is 2.46. The zero-order chi connectivity index (χ0) is 20.3. The molecule has 0 fully saturated rings. The number of unbranched alkanes of at least 4 members (excludes halogenated alkanes) is 1. The SMILES string of the molecule is CC(C)C[C@H](NC(=O)OC(C)(C)C)C(=O)N[C@H](C=O)CCCCC(=N)N. The van der Waals surface area contributed by atoms with Crippen molar-refractivity contribution in [3.8, 4) is 0 Å². The van der Waals surface area contributed by atoms with Gasteiger partial charge in [-0.05, 0) is 46.0 Å². The van der Waals surface area contributed by atoms with Crippen molar-refractivity contribution in [1.82, 2.24) is 10.6 Å². The Hall–Kier alpha value is -2.12. The molecule has 0 aromatic rings. The highest BCUT2D eigenvalue weighted by Gasteiger charge is 2.26. The topological polar surface area (TPSA) is 134 Å². The number of amidine groups is 1. The van der Waals surface area contributed by atoms with Gasteiger partial charge in [0.2, 0.25) is 5.91 Å². The maximum Gasteiger partial charge on any atom is 0.408 e. The van der Waals surface area contributed by atoms with Crippen LogP contribution in [0, 0.1) is 11.3 Å². The lowest BCUT2D eigenvalue weighted by Crippen LogP contribution is -2.51. The number of hydrogen-bond donors (Lipinski definition) is 4. The van der Waals surface area contributed by atoms with Gasteiger partial charge in [-0.3, -0.25) is 10.2 Å². The lowest BCUT2D eigenvalue weighted by molar-refractivity contribution is -0.126. The molecule has 8 heteroatoms. The fourth-order valence-electron chi connectivity index (χ4n) is 2.29. The predicted octanol–water partition coefficient (Wildman–Crippen LogP) is 2.11. The van der Waals surface area contributed by atoms with Crippen molar-refractivity contribution < 1.29 is 19.1 Å². The Morgan fingerprint density at radius 3 is 2.27 bits per heavy atom. The third kappa shape index (κ3) is 12.3. The second-order valence-electron chi connectivity index (χ2n) is 7.85. The Morgan fingerprint density at radius 1 is 1.19 bits per heavy atom. The molecule has 5 N–H and O–H groups in total. The molecule has 0 aliphatic heterocycles. The van der Waals surface area contributed by atoms with Crippen LogP contribution in [0.25, 0.3) is 0 Å². The highest BCUT2D eigenvalue weighted by atomic mass is 16.6. The van der Waals surface area contributed by atoms with Crippen molar-refractivity contribution in [3.05, 3.63) is 0 Å². The fourth-order valence-corrected chi connectivity index (χ4v) is 2.29. The quantitative estimate of drug-likeness (QED) is 0.191. The predicted molar refractivity (Wildman–Crippen MR) is 101 cm³/mol. The van der Waals surface area contributed by atoms with Gasteiger partial charge in [-0.15, -0.1) is 0 Å². The number of alkyl carbamates (subject to hydrolysis) is 1. The normalized spacial score (nSPS) is 13.6. The number of nitrogens with one attached hydrogen (secondary N) is 3. The van der Waals surface area contributed by atoms with Crippen LogP contribution >= 0.6 is 0 Å². The Bertz CT molecular complexity index is 486. The molecule has 26 heavy (non-hydrogen) atoms. The highest BCUT2D eigenvalue weighted by Crippen LogP contribution is 2.10. The molecule has 0 saturated heterocycles. The number of amides is 2. The van der Waals surface area contributed by atoms with Crippen LogP contribution in [-0.2, 0) is 14.3 Å². The van der Waals surface area contributed by atoms with Crippen molar-refractivity contribution in [3.63, 3.8) is 0 Å². The van der Waals surface area contributed by atoms with Crippen LogP contribution in [0.3, 0.4) is 0 Å². The minimum absolute atomic E-state index is 0.107. The number of carbonyl (C=O) groups is 3. The molecule has 150 valence electrons. The largest absolute Gasteiger partial charge is 0.444 e. The molecule has 2 amide bonds. The third-order valence-corrected chi connectivity index (χ3v) is 3.42. The molecule has 0 aliphatic carbocycles. The zero-order valence-corrected chi connectivity index (χ0v) is 16.6. The first kappa shape index (κ1) is 23.9. The van der Waals surface area contributed by atoms with Gasteiger partial charge in [0.15, 0.2) is 0 Å². The van der Waals surface area contributed by atoms with Crippen LogP contribution in [0.15, 0.2) is 0 Å². The summed E-state index contributed by atoms with van der Waals surface area (Å²) >= 11 is 0. The van der Waals surface area contributed by atoms with Crippen LogP contribution in [0.2, 0.25) is 0 Å². The molecular weight excluding hydrogens is 336 g/mol. The Balaban J connectivity index is 4.70. The minimum atomic E-state index is -0.774. The molecule has 0 heterocycles.